The van der Waals surface area contributed by atoms with E-state index in [1.807, 2.05) is 4.90 Å². The highest BCUT2D eigenvalue weighted by Gasteiger charge is 2.23. The van der Waals surface area contributed by atoms with Gasteiger partial charge in [0.15, 0.2) is 0 Å². The van der Waals surface area contributed by atoms with Crippen molar-refractivity contribution < 1.29 is 9.90 Å². The first-order valence-corrected chi connectivity index (χ1v) is 6.76. The molecule has 17 heavy (non-hydrogen) atoms. The van der Waals surface area contributed by atoms with Crippen molar-refractivity contribution in [1.29, 1.82) is 0 Å². The standard InChI is InChI=1S/C13H26N2O2/c1-11(9-14)4-5-13(17)15-7-2-3-12(10-15)6-8-16/h11-12,16H,2-10,14H2,1H3. The van der Waals surface area contributed by atoms with Gasteiger partial charge < -0.3 is 15.7 Å². The van der Waals surface area contributed by atoms with Gasteiger partial charge in [0.1, 0.15) is 0 Å². The van der Waals surface area contributed by atoms with Gasteiger partial charge >= 0.3 is 0 Å². The van der Waals surface area contributed by atoms with Gasteiger partial charge in [0.25, 0.3) is 0 Å². The molecule has 0 aliphatic carbocycles. The molecule has 0 aromatic rings. The summed E-state index contributed by atoms with van der Waals surface area (Å²) in [7, 11) is 0. The fourth-order valence-corrected chi connectivity index (χ4v) is 2.36. The van der Waals surface area contributed by atoms with Crippen LogP contribution in [0.2, 0.25) is 0 Å². The van der Waals surface area contributed by atoms with E-state index in [0.717, 1.165) is 38.8 Å². The Bertz CT molecular complexity index is 231. The molecule has 4 nitrogen and oxygen atoms in total. The number of carbonyl (C=O) groups is 1. The summed E-state index contributed by atoms with van der Waals surface area (Å²) < 4.78 is 0. The molecule has 0 spiro atoms. The second-order valence-electron chi connectivity index (χ2n) is 5.24. The van der Waals surface area contributed by atoms with Crippen molar-refractivity contribution in [2.24, 2.45) is 17.6 Å². The van der Waals surface area contributed by atoms with E-state index in [9.17, 15) is 4.79 Å². The highest BCUT2D eigenvalue weighted by atomic mass is 16.3. The lowest BCUT2D eigenvalue weighted by atomic mass is 9.94. The number of carbonyl (C=O) groups excluding carboxylic acids is 1. The van der Waals surface area contributed by atoms with Crippen molar-refractivity contribution in [3.63, 3.8) is 0 Å². The highest BCUT2D eigenvalue weighted by Crippen LogP contribution is 2.20. The fraction of sp³-hybridized carbons (Fsp3) is 0.923. The van der Waals surface area contributed by atoms with Crippen LogP contribution < -0.4 is 5.73 Å². The van der Waals surface area contributed by atoms with Crippen LogP contribution in [0, 0.1) is 11.8 Å². The summed E-state index contributed by atoms with van der Waals surface area (Å²) in [5.74, 6) is 1.18. The van der Waals surface area contributed by atoms with Gasteiger partial charge in [-0.3, -0.25) is 4.79 Å². The number of aliphatic hydroxyl groups is 1. The molecule has 1 saturated heterocycles. The van der Waals surface area contributed by atoms with E-state index in [-0.39, 0.29) is 12.5 Å². The second-order valence-corrected chi connectivity index (χ2v) is 5.24. The average molecular weight is 242 g/mol. The van der Waals surface area contributed by atoms with Crippen LogP contribution in [0.5, 0.6) is 0 Å². The minimum absolute atomic E-state index is 0.233. The molecule has 0 radical (unpaired) electrons. The second kappa shape index (κ2) is 7.67. The summed E-state index contributed by atoms with van der Waals surface area (Å²) in [5.41, 5.74) is 5.55. The Morgan fingerprint density at radius 1 is 1.59 bits per heavy atom. The summed E-state index contributed by atoms with van der Waals surface area (Å²) in [6.07, 6.45) is 4.54. The smallest absolute Gasteiger partial charge is 0.222 e. The molecule has 2 unspecified atom stereocenters. The van der Waals surface area contributed by atoms with E-state index in [2.05, 4.69) is 6.92 Å². The number of aliphatic hydroxyl groups excluding tert-OH is 1. The number of hydrogen-bond acceptors (Lipinski definition) is 3. The summed E-state index contributed by atoms with van der Waals surface area (Å²) in [4.78, 5) is 14.0. The maximum absolute atomic E-state index is 12.0. The van der Waals surface area contributed by atoms with Crippen molar-refractivity contribution in [3.8, 4) is 0 Å². The minimum Gasteiger partial charge on any atom is -0.396 e. The highest BCUT2D eigenvalue weighted by molar-refractivity contribution is 5.76. The molecule has 1 rings (SSSR count). The summed E-state index contributed by atoms with van der Waals surface area (Å²) >= 11 is 0. The monoisotopic (exact) mass is 242 g/mol. The third-order valence-corrected chi connectivity index (χ3v) is 3.66. The quantitative estimate of drug-likeness (QED) is 0.729. The summed E-state index contributed by atoms with van der Waals surface area (Å²) in [5, 5.41) is 8.93. The van der Waals surface area contributed by atoms with Crippen LogP contribution in [0.25, 0.3) is 0 Å². The van der Waals surface area contributed by atoms with Crippen molar-refractivity contribution in [2.45, 2.75) is 39.0 Å². The number of amides is 1. The Morgan fingerprint density at radius 2 is 2.35 bits per heavy atom. The predicted molar refractivity (Wildman–Crippen MR) is 68.5 cm³/mol. The molecule has 100 valence electrons. The van der Waals surface area contributed by atoms with E-state index < -0.39 is 0 Å². The number of piperidine rings is 1. The van der Waals surface area contributed by atoms with E-state index in [0.29, 0.717) is 24.8 Å². The van der Waals surface area contributed by atoms with Crippen LogP contribution in [0.15, 0.2) is 0 Å². The molecule has 0 saturated carbocycles. The molecule has 1 amide bonds. The van der Waals surface area contributed by atoms with E-state index in [4.69, 9.17) is 10.8 Å². The van der Waals surface area contributed by atoms with Crippen LogP contribution >= 0.6 is 0 Å². The topological polar surface area (TPSA) is 66.6 Å². The zero-order valence-corrected chi connectivity index (χ0v) is 10.9. The predicted octanol–water partition coefficient (Wildman–Crippen LogP) is 0.982. The van der Waals surface area contributed by atoms with Gasteiger partial charge in [-0.2, -0.15) is 0 Å². The van der Waals surface area contributed by atoms with E-state index in [1.165, 1.54) is 0 Å². The van der Waals surface area contributed by atoms with Crippen molar-refractivity contribution in [1.82, 2.24) is 4.90 Å². The summed E-state index contributed by atoms with van der Waals surface area (Å²) in [6.45, 7) is 4.68. The number of hydrogen-bond donors (Lipinski definition) is 2. The lowest BCUT2D eigenvalue weighted by molar-refractivity contribution is -0.133. The molecule has 0 aromatic heterocycles. The van der Waals surface area contributed by atoms with Gasteiger partial charge in [0, 0.05) is 26.1 Å². The third kappa shape index (κ3) is 5.04. The van der Waals surface area contributed by atoms with Gasteiger partial charge in [-0.05, 0) is 44.1 Å². The van der Waals surface area contributed by atoms with Gasteiger partial charge in [-0.25, -0.2) is 0 Å². The largest absolute Gasteiger partial charge is 0.396 e. The molecule has 4 heteroatoms. The lowest BCUT2D eigenvalue weighted by Gasteiger charge is -2.32. The molecule has 2 atom stereocenters. The van der Waals surface area contributed by atoms with Crippen LogP contribution in [0.3, 0.4) is 0 Å². The number of nitrogens with two attached hydrogens (primary N) is 1. The van der Waals surface area contributed by atoms with Crippen LogP contribution in [0.4, 0.5) is 0 Å². The third-order valence-electron chi connectivity index (χ3n) is 3.66. The van der Waals surface area contributed by atoms with Gasteiger partial charge in [0.2, 0.25) is 5.91 Å². The van der Waals surface area contributed by atoms with Gasteiger partial charge in [-0.1, -0.05) is 6.92 Å². The molecule has 0 bridgehead atoms. The Balaban J connectivity index is 2.30. The zero-order chi connectivity index (χ0) is 12.7. The van der Waals surface area contributed by atoms with Crippen LogP contribution in [-0.2, 0) is 4.79 Å². The molecule has 1 aliphatic heterocycles. The fourth-order valence-electron chi connectivity index (χ4n) is 2.36. The Kier molecular flexibility index (Phi) is 6.52. The summed E-state index contributed by atoms with van der Waals surface area (Å²) in [6, 6.07) is 0. The zero-order valence-electron chi connectivity index (χ0n) is 10.9. The number of nitrogens with zero attached hydrogens (tertiary/aromatic N) is 1. The van der Waals surface area contributed by atoms with E-state index >= 15 is 0 Å². The maximum atomic E-state index is 12.0. The Hall–Kier alpha value is -0.610. The van der Waals surface area contributed by atoms with Crippen molar-refractivity contribution in [3.05, 3.63) is 0 Å². The molecule has 1 fully saturated rings. The Morgan fingerprint density at radius 3 is 3.00 bits per heavy atom. The first kappa shape index (κ1) is 14.5. The lowest BCUT2D eigenvalue weighted by Crippen LogP contribution is -2.40. The number of rotatable bonds is 6. The molecular weight excluding hydrogens is 216 g/mol. The molecule has 3 N–H and O–H groups in total. The molecular formula is C13H26N2O2. The van der Waals surface area contributed by atoms with E-state index in [1.54, 1.807) is 0 Å². The van der Waals surface area contributed by atoms with Crippen molar-refractivity contribution in [2.75, 3.05) is 26.2 Å². The van der Waals surface area contributed by atoms with Gasteiger partial charge in [0.05, 0.1) is 0 Å². The van der Waals surface area contributed by atoms with Gasteiger partial charge in [-0.15, -0.1) is 0 Å². The van der Waals surface area contributed by atoms with Crippen molar-refractivity contribution >= 4 is 5.91 Å². The average Bonchev–Trinajstić information content (AvgIpc) is 2.36. The maximum Gasteiger partial charge on any atom is 0.222 e. The molecule has 1 aliphatic rings. The Labute approximate surface area is 104 Å². The van der Waals surface area contributed by atoms with Crippen LogP contribution in [0.1, 0.15) is 39.0 Å². The first-order chi connectivity index (χ1) is 8.17. The molecule has 1 heterocycles. The normalized spacial score (nSPS) is 22.5. The van der Waals surface area contributed by atoms with Crippen LogP contribution in [-0.4, -0.2) is 42.2 Å². The number of likely N-dealkylation sites (tertiary alicyclic amines) is 1. The first-order valence-electron chi connectivity index (χ1n) is 6.76. The SMILES string of the molecule is CC(CN)CCC(=O)N1CCCC(CCO)C1. The molecule has 0 aromatic carbocycles. The minimum atomic E-state index is 0.233.